The Bertz CT molecular complexity index is 466. The number of carbonyl (C=O) groups is 3. The zero-order chi connectivity index (χ0) is 18.0. The van der Waals surface area contributed by atoms with Gasteiger partial charge in [0.2, 0.25) is 6.41 Å². The summed E-state index contributed by atoms with van der Waals surface area (Å²) in [6, 6.07) is -1.60. The molecule has 132 valence electrons. The van der Waals surface area contributed by atoms with Gasteiger partial charge in [0, 0.05) is 13.0 Å². The second-order valence-corrected chi connectivity index (χ2v) is 7.55. The highest BCUT2D eigenvalue weighted by atomic mass is 16.7. The van der Waals surface area contributed by atoms with Crippen molar-refractivity contribution < 1.29 is 29.1 Å². The van der Waals surface area contributed by atoms with Crippen LogP contribution < -0.4 is 0 Å². The quantitative estimate of drug-likeness (QED) is 0.622. The maximum Gasteiger partial charge on any atom is 0.411 e. The van der Waals surface area contributed by atoms with Gasteiger partial charge >= 0.3 is 12.1 Å². The largest absolute Gasteiger partial charge is 0.480 e. The molecule has 1 unspecified atom stereocenters. The number of hydrogen-bond donors (Lipinski definition) is 1. The van der Waals surface area contributed by atoms with Crippen molar-refractivity contribution in [3.63, 3.8) is 0 Å². The molecule has 1 aliphatic heterocycles. The number of carbonyl (C=O) groups excluding carboxylic acids is 2. The number of likely N-dealkylation sites (tertiary alicyclic amines) is 1. The van der Waals surface area contributed by atoms with Crippen LogP contribution in [0.25, 0.3) is 0 Å². The van der Waals surface area contributed by atoms with Gasteiger partial charge in [-0.2, -0.15) is 0 Å². The molecule has 0 spiro atoms. The van der Waals surface area contributed by atoms with Gasteiger partial charge in [0.25, 0.3) is 0 Å². The fourth-order valence-electron chi connectivity index (χ4n) is 2.25. The van der Waals surface area contributed by atoms with E-state index in [2.05, 4.69) is 0 Å². The molecule has 1 N–H and O–H groups in total. The summed E-state index contributed by atoms with van der Waals surface area (Å²) in [7, 11) is 0. The lowest BCUT2D eigenvalue weighted by atomic mass is 10.1. The first-order valence-electron chi connectivity index (χ1n) is 7.49. The number of carboxylic acids is 1. The smallest absolute Gasteiger partial charge is 0.411 e. The molecule has 0 saturated carbocycles. The third-order valence-electron chi connectivity index (χ3n) is 3.04. The Morgan fingerprint density at radius 2 is 1.74 bits per heavy atom. The van der Waals surface area contributed by atoms with Crippen LogP contribution in [0.1, 0.15) is 48.0 Å². The SMILES string of the molecule is CC(C)(C)OC(=O)N1CC(N(C=O)OC(C)(C)C)C[C@H]1C(=O)O. The lowest BCUT2D eigenvalue weighted by molar-refractivity contribution is -0.230. The molecule has 0 bridgehead atoms. The van der Waals surface area contributed by atoms with Gasteiger partial charge in [-0.1, -0.05) is 0 Å². The van der Waals surface area contributed by atoms with Crippen LogP contribution in [0.15, 0.2) is 0 Å². The predicted octanol–water partition coefficient (Wildman–Crippen LogP) is 1.64. The Kier molecular flexibility index (Phi) is 5.63. The predicted molar refractivity (Wildman–Crippen MR) is 81.5 cm³/mol. The van der Waals surface area contributed by atoms with Gasteiger partial charge in [-0.05, 0) is 41.5 Å². The van der Waals surface area contributed by atoms with Crippen molar-refractivity contribution in [1.29, 1.82) is 0 Å². The average Bonchev–Trinajstić information content (AvgIpc) is 2.77. The first-order chi connectivity index (χ1) is 10.3. The van der Waals surface area contributed by atoms with Crippen molar-refractivity contribution in [3.8, 4) is 0 Å². The van der Waals surface area contributed by atoms with E-state index >= 15 is 0 Å². The Balaban J connectivity index is 2.90. The van der Waals surface area contributed by atoms with Gasteiger partial charge in [-0.3, -0.25) is 14.5 Å². The zero-order valence-corrected chi connectivity index (χ0v) is 14.5. The van der Waals surface area contributed by atoms with Crippen LogP contribution in [0.4, 0.5) is 4.79 Å². The second kappa shape index (κ2) is 6.74. The van der Waals surface area contributed by atoms with Gasteiger partial charge in [0.1, 0.15) is 11.6 Å². The third kappa shape index (κ3) is 5.70. The third-order valence-corrected chi connectivity index (χ3v) is 3.04. The fourth-order valence-corrected chi connectivity index (χ4v) is 2.25. The molecular formula is C15H26N2O6. The maximum absolute atomic E-state index is 12.2. The van der Waals surface area contributed by atoms with E-state index in [0.29, 0.717) is 6.41 Å². The van der Waals surface area contributed by atoms with E-state index in [0.717, 1.165) is 9.96 Å². The van der Waals surface area contributed by atoms with Crippen molar-refractivity contribution in [3.05, 3.63) is 0 Å². The molecule has 1 aliphatic rings. The normalized spacial score (nSPS) is 21.9. The number of nitrogens with zero attached hydrogens (tertiary/aromatic N) is 2. The molecule has 1 rings (SSSR count). The number of rotatable bonds is 4. The summed E-state index contributed by atoms with van der Waals surface area (Å²) in [6.45, 7) is 10.5. The standard InChI is InChI=1S/C15H26N2O6/c1-14(2,3)22-13(21)16-8-10(7-11(16)12(19)20)17(9-18)23-15(4,5)6/h9-11H,7-8H2,1-6H3,(H,19,20)/t10?,11-/m0/s1. The Hall–Kier alpha value is -1.83. The molecule has 0 aromatic rings. The van der Waals surface area contributed by atoms with E-state index in [1.54, 1.807) is 41.5 Å². The lowest BCUT2D eigenvalue weighted by Gasteiger charge is -2.31. The van der Waals surface area contributed by atoms with Gasteiger partial charge in [-0.15, -0.1) is 0 Å². The molecule has 1 fully saturated rings. The molecule has 0 aliphatic carbocycles. The van der Waals surface area contributed by atoms with E-state index in [1.165, 1.54) is 0 Å². The molecule has 1 heterocycles. The zero-order valence-electron chi connectivity index (χ0n) is 14.5. The van der Waals surface area contributed by atoms with Crippen LogP contribution in [0.3, 0.4) is 0 Å². The second-order valence-electron chi connectivity index (χ2n) is 7.55. The van der Waals surface area contributed by atoms with E-state index in [4.69, 9.17) is 9.57 Å². The van der Waals surface area contributed by atoms with Crippen LogP contribution in [-0.4, -0.2) is 63.4 Å². The summed E-state index contributed by atoms with van der Waals surface area (Å²) in [5.41, 5.74) is -1.34. The monoisotopic (exact) mass is 330 g/mol. The molecular weight excluding hydrogens is 304 g/mol. The van der Waals surface area contributed by atoms with Crippen LogP contribution in [0.5, 0.6) is 0 Å². The fraction of sp³-hybridized carbons (Fsp3) is 0.800. The molecule has 8 heteroatoms. The van der Waals surface area contributed by atoms with Gasteiger partial charge < -0.3 is 9.84 Å². The van der Waals surface area contributed by atoms with Crippen molar-refractivity contribution >= 4 is 18.5 Å². The topological polar surface area (TPSA) is 96.4 Å². The highest BCUT2D eigenvalue weighted by molar-refractivity contribution is 5.81. The summed E-state index contributed by atoms with van der Waals surface area (Å²) >= 11 is 0. The average molecular weight is 330 g/mol. The lowest BCUT2D eigenvalue weighted by Crippen LogP contribution is -2.44. The van der Waals surface area contributed by atoms with Crippen LogP contribution in [0, 0.1) is 0 Å². The highest BCUT2D eigenvalue weighted by Gasteiger charge is 2.44. The molecule has 0 radical (unpaired) electrons. The van der Waals surface area contributed by atoms with Gasteiger partial charge in [0.15, 0.2) is 0 Å². The number of hydrogen-bond acceptors (Lipinski definition) is 5. The van der Waals surface area contributed by atoms with Gasteiger partial charge in [0.05, 0.1) is 11.6 Å². The van der Waals surface area contributed by atoms with Crippen molar-refractivity contribution in [2.24, 2.45) is 0 Å². The minimum absolute atomic E-state index is 0.0424. The summed E-state index contributed by atoms with van der Waals surface area (Å²) in [5.74, 6) is -1.14. The van der Waals surface area contributed by atoms with E-state index in [-0.39, 0.29) is 13.0 Å². The van der Waals surface area contributed by atoms with Crippen LogP contribution in [0.2, 0.25) is 0 Å². The van der Waals surface area contributed by atoms with E-state index < -0.39 is 35.3 Å². The summed E-state index contributed by atoms with van der Waals surface area (Å²) in [5, 5.41) is 10.4. The summed E-state index contributed by atoms with van der Waals surface area (Å²) in [4.78, 5) is 41.6. The first kappa shape index (κ1) is 19.2. The van der Waals surface area contributed by atoms with Crippen molar-refractivity contribution in [1.82, 2.24) is 9.96 Å². The number of aliphatic carboxylic acids is 1. The number of hydroxylamine groups is 2. The Labute approximate surface area is 136 Å². The summed E-state index contributed by atoms with van der Waals surface area (Å²) < 4.78 is 5.24. The van der Waals surface area contributed by atoms with Crippen molar-refractivity contribution in [2.45, 2.75) is 71.2 Å². The Morgan fingerprint density at radius 3 is 2.13 bits per heavy atom. The van der Waals surface area contributed by atoms with Gasteiger partial charge in [-0.25, -0.2) is 14.7 Å². The molecule has 0 aromatic carbocycles. The number of amides is 2. The minimum Gasteiger partial charge on any atom is -0.480 e. The molecule has 0 aromatic heterocycles. The Morgan fingerprint density at radius 1 is 1.17 bits per heavy atom. The number of ether oxygens (including phenoxy) is 1. The number of carboxylic acid groups (broad SMARTS) is 1. The minimum atomic E-state index is -1.14. The van der Waals surface area contributed by atoms with E-state index in [9.17, 15) is 19.5 Å². The highest BCUT2D eigenvalue weighted by Crippen LogP contribution is 2.26. The van der Waals surface area contributed by atoms with Crippen LogP contribution in [-0.2, 0) is 19.2 Å². The molecule has 23 heavy (non-hydrogen) atoms. The maximum atomic E-state index is 12.2. The molecule has 2 atom stereocenters. The molecule has 8 nitrogen and oxygen atoms in total. The molecule has 2 amide bonds. The first-order valence-corrected chi connectivity index (χ1v) is 7.49. The van der Waals surface area contributed by atoms with Crippen LogP contribution >= 0.6 is 0 Å². The summed E-state index contributed by atoms with van der Waals surface area (Å²) in [6.07, 6.45) is -0.120. The van der Waals surface area contributed by atoms with Crippen molar-refractivity contribution in [2.75, 3.05) is 6.54 Å². The molecule has 1 saturated heterocycles. The van der Waals surface area contributed by atoms with E-state index in [1.807, 2.05) is 0 Å².